The van der Waals surface area contributed by atoms with E-state index in [-0.39, 0.29) is 12.0 Å². The van der Waals surface area contributed by atoms with Gasteiger partial charge in [-0.05, 0) is 58.0 Å². The van der Waals surface area contributed by atoms with Gasteiger partial charge in [0.15, 0.2) is 0 Å². The summed E-state index contributed by atoms with van der Waals surface area (Å²) in [5, 5.41) is 0. The second kappa shape index (κ2) is 5.60. The summed E-state index contributed by atoms with van der Waals surface area (Å²) in [5.74, 6) is 0.288. The zero-order valence-electron chi connectivity index (χ0n) is 9.68. The van der Waals surface area contributed by atoms with Crippen LogP contribution in [0.4, 0.5) is 0 Å². The predicted octanol–water partition coefficient (Wildman–Crippen LogP) is 3.49. The van der Waals surface area contributed by atoms with Crippen molar-refractivity contribution < 1.29 is 0 Å². The summed E-state index contributed by atoms with van der Waals surface area (Å²) >= 11 is 2.31. The van der Waals surface area contributed by atoms with Crippen molar-refractivity contribution in [2.75, 3.05) is 0 Å². The molecule has 0 saturated heterocycles. The molecule has 0 saturated carbocycles. The number of pyridine rings is 1. The lowest BCUT2D eigenvalue weighted by Gasteiger charge is -2.20. The van der Waals surface area contributed by atoms with Crippen molar-refractivity contribution in [3.05, 3.63) is 63.5 Å². The lowest BCUT2D eigenvalue weighted by molar-refractivity contribution is 0.597. The van der Waals surface area contributed by atoms with Gasteiger partial charge in [-0.3, -0.25) is 4.98 Å². The molecular weight excluding hydrogens is 323 g/mol. The fourth-order valence-electron chi connectivity index (χ4n) is 1.88. The Morgan fingerprint density at radius 3 is 2.47 bits per heavy atom. The number of rotatable bonds is 3. The highest BCUT2D eigenvalue weighted by Gasteiger charge is 2.16. The standard InChI is InChI=1S/C14H15IN2/c1-10(11-5-7-17-8-6-11)14(16)12-3-2-4-13(15)9-12/h2-10,14H,16H2,1H3. The first-order valence-corrected chi connectivity index (χ1v) is 6.67. The van der Waals surface area contributed by atoms with Crippen molar-refractivity contribution in [1.82, 2.24) is 4.98 Å². The molecule has 88 valence electrons. The molecule has 2 atom stereocenters. The highest BCUT2D eigenvalue weighted by atomic mass is 127. The van der Waals surface area contributed by atoms with E-state index in [0.717, 1.165) is 0 Å². The van der Waals surface area contributed by atoms with E-state index in [1.54, 1.807) is 0 Å². The molecule has 2 N–H and O–H groups in total. The molecule has 0 aliphatic rings. The molecular formula is C14H15IN2. The summed E-state index contributed by atoms with van der Waals surface area (Å²) < 4.78 is 1.22. The molecule has 0 aliphatic carbocycles. The second-order valence-corrected chi connectivity index (χ2v) is 5.40. The molecule has 0 fully saturated rings. The molecule has 2 aromatic rings. The van der Waals surface area contributed by atoms with Gasteiger partial charge in [-0.15, -0.1) is 0 Å². The average molecular weight is 338 g/mol. The van der Waals surface area contributed by atoms with Crippen LogP contribution in [0.25, 0.3) is 0 Å². The first-order chi connectivity index (χ1) is 8.18. The summed E-state index contributed by atoms with van der Waals surface area (Å²) in [6, 6.07) is 12.4. The number of hydrogen-bond donors (Lipinski definition) is 1. The first kappa shape index (κ1) is 12.5. The molecule has 3 heteroatoms. The SMILES string of the molecule is CC(c1ccncc1)C(N)c1cccc(I)c1. The van der Waals surface area contributed by atoms with Crippen LogP contribution in [0.3, 0.4) is 0 Å². The quantitative estimate of drug-likeness (QED) is 0.870. The number of aromatic nitrogens is 1. The maximum absolute atomic E-state index is 6.32. The molecule has 1 aromatic carbocycles. The third-order valence-corrected chi connectivity index (χ3v) is 3.68. The smallest absolute Gasteiger partial charge is 0.0362 e. The zero-order valence-corrected chi connectivity index (χ0v) is 11.8. The largest absolute Gasteiger partial charge is 0.323 e. The third-order valence-electron chi connectivity index (χ3n) is 3.00. The third kappa shape index (κ3) is 3.04. The summed E-state index contributed by atoms with van der Waals surface area (Å²) in [5.41, 5.74) is 8.73. The average Bonchev–Trinajstić information content (AvgIpc) is 2.38. The van der Waals surface area contributed by atoms with E-state index in [4.69, 9.17) is 5.73 Å². The Kier molecular flexibility index (Phi) is 4.12. The van der Waals surface area contributed by atoms with Crippen molar-refractivity contribution in [3.8, 4) is 0 Å². The fourth-order valence-corrected chi connectivity index (χ4v) is 2.44. The van der Waals surface area contributed by atoms with Crippen LogP contribution in [0, 0.1) is 3.57 Å². The monoisotopic (exact) mass is 338 g/mol. The fraction of sp³-hybridized carbons (Fsp3) is 0.214. The van der Waals surface area contributed by atoms with E-state index in [1.807, 2.05) is 24.5 Å². The highest BCUT2D eigenvalue weighted by Crippen LogP contribution is 2.28. The van der Waals surface area contributed by atoms with E-state index >= 15 is 0 Å². The van der Waals surface area contributed by atoms with Gasteiger partial charge in [-0.25, -0.2) is 0 Å². The van der Waals surface area contributed by atoms with Gasteiger partial charge in [0.1, 0.15) is 0 Å². The minimum absolute atomic E-state index is 0.0205. The van der Waals surface area contributed by atoms with Crippen LogP contribution in [0.5, 0.6) is 0 Å². The Morgan fingerprint density at radius 1 is 1.12 bits per heavy atom. The zero-order chi connectivity index (χ0) is 12.3. The molecule has 2 unspecified atom stereocenters. The maximum atomic E-state index is 6.32. The van der Waals surface area contributed by atoms with Crippen LogP contribution < -0.4 is 5.73 Å². The molecule has 0 spiro atoms. The molecule has 1 heterocycles. The molecule has 17 heavy (non-hydrogen) atoms. The van der Waals surface area contributed by atoms with Crippen LogP contribution in [0.15, 0.2) is 48.8 Å². The van der Waals surface area contributed by atoms with Crippen molar-refractivity contribution in [3.63, 3.8) is 0 Å². The normalized spacial score (nSPS) is 14.3. The number of benzene rings is 1. The Bertz CT molecular complexity index is 485. The molecule has 0 amide bonds. The summed E-state index contributed by atoms with van der Waals surface area (Å²) in [6.45, 7) is 2.15. The topological polar surface area (TPSA) is 38.9 Å². The summed E-state index contributed by atoms with van der Waals surface area (Å²) in [7, 11) is 0. The van der Waals surface area contributed by atoms with Gasteiger partial charge in [-0.2, -0.15) is 0 Å². The van der Waals surface area contributed by atoms with E-state index in [2.05, 4.69) is 58.8 Å². The Balaban J connectivity index is 2.23. The van der Waals surface area contributed by atoms with Crippen LogP contribution in [0.1, 0.15) is 30.0 Å². The van der Waals surface area contributed by atoms with Crippen molar-refractivity contribution in [2.24, 2.45) is 5.73 Å². The highest BCUT2D eigenvalue weighted by molar-refractivity contribution is 14.1. The molecule has 0 radical (unpaired) electrons. The van der Waals surface area contributed by atoms with Gasteiger partial charge in [-0.1, -0.05) is 19.1 Å². The van der Waals surface area contributed by atoms with E-state index in [9.17, 15) is 0 Å². The molecule has 1 aromatic heterocycles. The van der Waals surface area contributed by atoms with Gasteiger partial charge in [0.05, 0.1) is 0 Å². The van der Waals surface area contributed by atoms with Gasteiger partial charge in [0.2, 0.25) is 0 Å². The second-order valence-electron chi connectivity index (χ2n) is 4.15. The summed E-state index contributed by atoms with van der Waals surface area (Å²) in [6.07, 6.45) is 3.63. The Morgan fingerprint density at radius 2 is 1.82 bits per heavy atom. The number of nitrogens with two attached hydrogens (primary N) is 1. The van der Waals surface area contributed by atoms with E-state index in [0.29, 0.717) is 0 Å². The minimum atomic E-state index is 0.0205. The van der Waals surface area contributed by atoms with Gasteiger partial charge >= 0.3 is 0 Å². The van der Waals surface area contributed by atoms with Gasteiger partial charge < -0.3 is 5.73 Å². The maximum Gasteiger partial charge on any atom is 0.0362 e. The summed E-state index contributed by atoms with van der Waals surface area (Å²) in [4.78, 5) is 4.03. The van der Waals surface area contributed by atoms with Gasteiger partial charge in [0, 0.05) is 27.9 Å². The Labute approximate surface area is 115 Å². The Hall–Kier alpha value is -0.940. The molecule has 0 aliphatic heterocycles. The van der Waals surface area contributed by atoms with E-state index < -0.39 is 0 Å². The van der Waals surface area contributed by atoms with Gasteiger partial charge in [0.25, 0.3) is 0 Å². The van der Waals surface area contributed by atoms with Crippen LogP contribution in [-0.2, 0) is 0 Å². The van der Waals surface area contributed by atoms with Crippen LogP contribution in [0.2, 0.25) is 0 Å². The minimum Gasteiger partial charge on any atom is -0.323 e. The molecule has 0 bridgehead atoms. The number of hydrogen-bond acceptors (Lipinski definition) is 2. The lowest BCUT2D eigenvalue weighted by Crippen LogP contribution is -2.17. The van der Waals surface area contributed by atoms with Crippen molar-refractivity contribution in [1.29, 1.82) is 0 Å². The van der Waals surface area contributed by atoms with Crippen molar-refractivity contribution >= 4 is 22.6 Å². The first-order valence-electron chi connectivity index (χ1n) is 5.59. The predicted molar refractivity (Wildman–Crippen MR) is 78.7 cm³/mol. The lowest BCUT2D eigenvalue weighted by atomic mass is 9.90. The van der Waals surface area contributed by atoms with E-state index in [1.165, 1.54) is 14.7 Å². The molecule has 2 nitrogen and oxygen atoms in total. The number of nitrogens with zero attached hydrogens (tertiary/aromatic N) is 1. The van der Waals surface area contributed by atoms with Crippen LogP contribution >= 0.6 is 22.6 Å². The molecule has 2 rings (SSSR count). The van der Waals surface area contributed by atoms with Crippen molar-refractivity contribution in [2.45, 2.75) is 18.9 Å². The number of halogens is 1. The van der Waals surface area contributed by atoms with Crippen LogP contribution in [-0.4, -0.2) is 4.98 Å².